The quantitative estimate of drug-likeness (QED) is 0.491. The number of carbonyl (C=O) groups is 2. The molecule has 8 heteroatoms. The van der Waals surface area contributed by atoms with Crippen molar-refractivity contribution < 1.29 is 22.7 Å². The lowest BCUT2D eigenvalue weighted by Crippen LogP contribution is -2.45. The second kappa shape index (κ2) is 10.4. The van der Waals surface area contributed by atoms with E-state index in [0.717, 1.165) is 5.41 Å². The number of benzene rings is 1. The fraction of sp³-hybridized carbons (Fsp3) is 0.333. The van der Waals surface area contributed by atoms with Crippen molar-refractivity contribution in [3.05, 3.63) is 41.3 Å². The van der Waals surface area contributed by atoms with Gasteiger partial charge in [-0.25, -0.2) is 8.42 Å². The Labute approximate surface area is 153 Å². The van der Waals surface area contributed by atoms with Gasteiger partial charge in [-0.05, 0) is 17.6 Å². The maximum atomic E-state index is 12.2. The summed E-state index contributed by atoms with van der Waals surface area (Å²) in [7, 11) is -3.88. The van der Waals surface area contributed by atoms with E-state index >= 15 is 0 Å². The SMILES string of the molecule is C#CCNC(=O)COC(=O)C(NS(=O)(=O)/C=C/c1ccccc1)C(C)C. The van der Waals surface area contributed by atoms with Crippen molar-refractivity contribution in [2.45, 2.75) is 19.9 Å². The standard InChI is InChI=1S/C18H22N2O5S/c1-4-11-19-16(21)13-25-18(22)17(14(2)3)20-26(23,24)12-10-15-8-6-5-7-9-15/h1,5-10,12,14,17,20H,11,13H2,2-3H3,(H,19,21)/b12-10+. The van der Waals surface area contributed by atoms with E-state index in [1.165, 1.54) is 6.08 Å². The average Bonchev–Trinajstić information content (AvgIpc) is 2.61. The number of terminal acetylenes is 1. The van der Waals surface area contributed by atoms with Gasteiger partial charge in [-0.15, -0.1) is 6.42 Å². The Balaban J connectivity index is 2.71. The monoisotopic (exact) mass is 378 g/mol. The molecule has 0 aliphatic rings. The summed E-state index contributed by atoms with van der Waals surface area (Å²) in [6, 6.07) is 7.73. The number of esters is 1. The van der Waals surface area contributed by atoms with Crippen molar-refractivity contribution >= 4 is 28.0 Å². The van der Waals surface area contributed by atoms with Crippen LogP contribution in [0.5, 0.6) is 0 Å². The van der Waals surface area contributed by atoms with Crippen molar-refractivity contribution in [3.8, 4) is 12.3 Å². The normalized spacial score (nSPS) is 12.5. The minimum absolute atomic E-state index is 0.0148. The van der Waals surface area contributed by atoms with Crippen LogP contribution < -0.4 is 10.0 Å². The molecule has 0 spiro atoms. The van der Waals surface area contributed by atoms with Crippen LogP contribution in [-0.4, -0.2) is 39.5 Å². The van der Waals surface area contributed by atoms with E-state index < -0.39 is 34.5 Å². The fourth-order valence-corrected chi connectivity index (χ4v) is 2.97. The summed E-state index contributed by atoms with van der Waals surface area (Å²) in [5.41, 5.74) is 0.701. The van der Waals surface area contributed by atoms with Crippen LogP contribution in [0.2, 0.25) is 0 Å². The number of nitrogens with one attached hydrogen (secondary N) is 2. The van der Waals surface area contributed by atoms with E-state index in [1.807, 2.05) is 6.07 Å². The second-order valence-corrected chi connectivity index (χ2v) is 7.28. The van der Waals surface area contributed by atoms with E-state index in [9.17, 15) is 18.0 Å². The van der Waals surface area contributed by atoms with Crippen molar-refractivity contribution in [2.75, 3.05) is 13.2 Å². The van der Waals surface area contributed by atoms with Crippen LogP contribution in [0.25, 0.3) is 6.08 Å². The van der Waals surface area contributed by atoms with Gasteiger partial charge < -0.3 is 10.1 Å². The highest BCUT2D eigenvalue weighted by atomic mass is 32.2. The molecule has 0 saturated heterocycles. The summed E-state index contributed by atoms with van der Waals surface area (Å²) < 4.78 is 31.5. The molecule has 1 unspecified atom stereocenters. The van der Waals surface area contributed by atoms with E-state index in [4.69, 9.17) is 11.2 Å². The molecule has 0 aliphatic heterocycles. The fourth-order valence-electron chi connectivity index (χ4n) is 1.83. The summed E-state index contributed by atoms with van der Waals surface area (Å²) in [4.78, 5) is 23.5. The first-order chi connectivity index (χ1) is 12.2. The van der Waals surface area contributed by atoms with E-state index in [-0.39, 0.29) is 12.5 Å². The number of carbonyl (C=O) groups excluding carboxylic acids is 2. The highest BCUT2D eigenvalue weighted by Crippen LogP contribution is 2.08. The van der Waals surface area contributed by atoms with Gasteiger partial charge in [0.25, 0.3) is 5.91 Å². The summed E-state index contributed by atoms with van der Waals surface area (Å²) in [5, 5.41) is 3.32. The van der Waals surface area contributed by atoms with Gasteiger partial charge in [-0.3, -0.25) is 9.59 Å². The number of hydrogen-bond acceptors (Lipinski definition) is 5. The largest absolute Gasteiger partial charge is 0.454 e. The predicted octanol–water partition coefficient (Wildman–Crippen LogP) is 0.894. The Bertz CT molecular complexity index is 780. The van der Waals surface area contributed by atoms with Crippen LogP contribution in [0, 0.1) is 18.3 Å². The third-order valence-corrected chi connectivity index (χ3v) is 4.26. The highest BCUT2D eigenvalue weighted by Gasteiger charge is 2.28. The van der Waals surface area contributed by atoms with Crippen LogP contribution in [0.4, 0.5) is 0 Å². The molecule has 1 amide bonds. The maximum Gasteiger partial charge on any atom is 0.324 e. The molecule has 0 saturated carbocycles. The van der Waals surface area contributed by atoms with Gasteiger partial charge in [0, 0.05) is 5.41 Å². The summed E-state index contributed by atoms with van der Waals surface area (Å²) in [6.45, 7) is 2.80. The molecule has 0 heterocycles. The zero-order chi connectivity index (χ0) is 19.6. The van der Waals surface area contributed by atoms with E-state index in [0.29, 0.717) is 5.56 Å². The molecule has 1 aromatic carbocycles. The van der Waals surface area contributed by atoms with Gasteiger partial charge in [-0.2, -0.15) is 4.72 Å². The van der Waals surface area contributed by atoms with Gasteiger partial charge in [0.2, 0.25) is 10.0 Å². The number of hydrogen-bond donors (Lipinski definition) is 2. The molecule has 0 bridgehead atoms. The number of rotatable bonds is 9. The molecule has 0 aliphatic carbocycles. The summed E-state index contributed by atoms with van der Waals surface area (Å²) >= 11 is 0. The molecule has 0 radical (unpaired) electrons. The lowest BCUT2D eigenvalue weighted by atomic mass is 10.1. The van der Waals surface area contributed by atoms with Crippen LogP contribution in [0.15, 0.2) is 35.7 Å². The van der Waals surface area contributed by atoms with Gasteiger partial charge >= 0.3 is 5.97 Å². The van der Waals surface area contributed by atoms with Crippen molar-refractivity contribution in [1.82, 2.24) is 10.0 Å². The van der Waals surface area contributed by atoms with Gasteiger partial charge in [0.1, 0.15) is 6.04 Å². The summed E-state index contributed by atoms with van der Waals surface area (Å²) in [6.07, 6.45) is 6.42. The first-order valence-electron chi connectivity index (χ1n) is 7.87. The Kier molecular flexibility index (Phi) is 8.55. The minimum Gasteiger partial charge on any atom is -0.454 e. The third-order valence-electron chi connectivity index (χ3n) is 3.18. The van der Waals surface area contributed by atoms with Crippen LogP contribution in [-0.2, 0) is 24.3 Å². The zero-order valence-corrected chi connectivity index (χ0v) is 15.5. The Morgan fingerprint density at radius 3 is 2.50 bits per heavy atom. The molecule has 0 aromatic heterocycles. The van der Waals surface area contributed by atoms with Crippen molar-refractivity contribution in [2.24, 2.45) is 5.92 Å². The number of amides is 1. The highest BCUT2D eigenvalue weighted by molar-refractivity contribution is 7.92. The molecule has 0 fully saturated rings. The van der Waals surface area contributed by atoms with Crippen LogP contribution in [0.3, 0.4) is 0 Å². The lowest BCUT2D eigenvalue weighted by Gasteiger charge is -2.19. The molecular formula is C18H22N2O5S. The van der Waals surface area contributed by atoms with Crippen LogP contribution in [0.1, 0.15) is 19.4 Å². The van der Waals surface area contributed by atoms with Crippen molar-refractivity contribution in [1.29, 1.82) is 0 Å². The maximum absolute atomic E-state index is 12.2. The van der Waals surface area contributed by atoms with Crippen LogP contribution >= 0.6 is 0 Å². The topological polar surface area (TPSA) is 102 Å². The lowest BCUT2D eigenvalue weighted by molar-refractivity contribution is -0.151. The Hall–Kier alpha value is -2.63. The average molecular weight is 378 g/mol. The molecule has 140 valence electrons. The smallest absolute Gasteiger partial charge is 0.324 e. The Morgan fingerprint density at radius 2 is 1.92 bits per heavy atom. The zero-order valence-electron chi connectivity index (χ0n) is 14.6. The molecular weight excluding hydrogens is 356 g/mol. The first-order valence-corrected chi connectivity index (χ1v) is 9.42. The molecule has 1 rings (SSSR count). The number of sulfonamides is 1. The minimum atomic E-state index is -3.88. The van der Waals surface area contributed by atoms with Crippen molar-refractivity contribution in [3.63, 3.8) is 0 Å². The first kappa shape index (κ1) is 21.4. The van der Waals surface area contributed by atoms with Gasteiger partial charge in [0.05, 0.1) is 6.54 Å². The molecule has 7 nitrogen and oxygen atoms in total. The van der Waals surface area contributed by atoms with Gasteiger partial charge in [-0.1, -0.05) is 50.1 Å². The Morgan fingerprint density at radius 1 is 1.27 bits per heavy atom. The second-order valence-electron chi connectivity index (χ2n) is 5.69. The molecule has 26 heavy (non-hydrogen) atoms. The van der Waals surface area contributed by atoms with E-state index in [1.54, 1.807) is 38.1 Å². The predicted molar refractivity (Wildman–Crippen MR) is 99.0 cm³/mol. The number of ether oxygens (including phenoxy) is 1. The molecule has 1 aromatic rings. The molecule has 1 atom stereocenters. The van der Waals surface area contributed by atoms with E-state index in [2.05, 4.69) is 16.0 Å². The third kappa shape index (κ3) is 7.96. The van der Waals surface area contributed by atoms with Gasteiger partial charge in [0.15, 0.2) is 6.61 Å². The molecule has 2 N–H and O–H groups in total. The summed E-state index contributed by atoms with van der Waals surface area (Å²) in [5.74, 6) is 0.431.